The molecule has 6 nitrogen and oxygen atoms in total. The summed E-state index contributed by atoms with van der Waals surface area (Å²) in [7, 11) is 0. The van der Waals surface area contributed by atoms with E-state index in [2.05, 4.69) is 12.1 Å². The number of carboxylic acids is 2. The number of carbonyl (C=O) groups is 2. The van der Waals surface area contributed by atoms with Crippen LogP contribution in [0.25, 0.3) is 16.7 Å². The first-order valence-electron chi connectivity index (χ1n) is 11.8. The molecule has 0 saturated heterocycles. The summed E-state index contributed by atoms with van der Waals surface area (Å²) >= 11 is 0. The van der Waals surface area contributed by atoms with Crippen molar-refractivity contribution in [2.75, 3.05) is 6.54 Å². The zero-order chi connectivity index (χ0) is 24.9. The largest absolute Gasteiger partial charge is 0.481 e. The van der Waals surface area contributed by atoms with Crippen LogP contribution >= 0.6 is 0 Å². The molecule has 2 heterocycles. The van der Waals surface area contributed by atoms with Crippen molar-refractivity contribution in [3.63, 3.8) is 0 Å². The number of hydrogen-bond acceptors (Lipinski definition) is 4. The van der Waals surface area contributed by atoms with Gasteiger partial charge in [-0.2, -0.15) is 0 Å². The molecule has 0 amide bonds. The zero-order valence-electron chi connectivity index (χ0n) is 19.3. The summed E-state index contributed by atoms with van der Waals surface area (Å²) in [5, 5.41) is 20.4. The maximum absolute atomic E-state index is 13.0. The van der Waals surface area contributed by atoms with Crippen LogP contribution < -0.4 is 0 Å². The van der Waals surface area contributed by atoms with Gasteiger partial charge in [-0.3, -0.25) is 14.5 Å². The molecule has 0 spiro atoms. The van der Waals surface area contributed by atoms with E-state index in [0.29, 0.717) is 16.9 Å². The lowest BCUT2D eigenvalue weighted by Crippen LogP contribution is -2.53. The van der Waals surface area contributed by atoms with Crippen molar-refractivity contribution in [2.24, 2.45) is 0 Å². The number of aliphatic carboxylic acids is 2. The lowest BCUT2D eigenvalue weighted by Gasteiger charge is -2.44. The normalized spacial score (nSPS) is 18.2. The lowest BCUT2D eigenvalue weighted by molar-refractivity contribution is -0.142. The Morgan fingerprint density at radius 2 is 1.44 bits per heavy atom. The van der Waals surface area contributed by atoms with Crippen LogP contribution in [0.15, 0.2) is 107 Å². The average Bonchev–Trinajstić information content (AvgIpc) is 3.60. The van der Waals surface area contributed by atoms with E-state index in [4.69, 9.17) is 4.42 Å². The fourth-order valence-electron chi connectivity index (χ4n) is 6.04. The Bertz CT molecular complexity index is 1460. The monoisotopic (exact) mass is 477 g/mol. The Labute approximate surface area is 207 Å². The van der Waals surface area contributed by atoms with E-state index in [-0.39, 0.29) is 6.54 Å². The summed E-state index contributed by atoms with van der Waals surface area (Å²) in [6.07, 6.45) is 1.13. The van der Waals surface area contributed by atoms with Crippen LogP contribution in [0.5, 0.6) is 0 Å². The molecule has 1 atom stereocenters. The van der Waals surface area contributed by atoms with E-state index in [1.165, 1.54) is 6.26 Å². The molecule has 0 saturated carbocycles. The van der Waals surface area contributed by atoms with Gasteiger partial charge in [0.25, 0.3) is 0 Å². The van der Waals surface area contributed by atoms with Crippen LogP contribution in [0.4, 0.5) is 0 Å². The van der Waals surface area contributed by atoms with E-state index < -0.39 is 29.9 Å². The summed E-state index contributed by atoms with van der Waals surface area (Å²) in [4.78, 5) is 26.8. The van der Waals surface area contributed by atoms with Crippen molar-refractivity contribution in [3.05, 3.63) is 125 Å². The van der Waals surface area contributed by atoms with Crippen molar-refractivity contribution < 1.29 is 24.2 Å². The van der Waals surface area contributed by atoms with Crippen molar-refractivity contribution in [2.45, 2.75) is 18.0 Å². The molecule has 1 aliphatic carbocycles. The number of nitrogens with zero attached hydrogens (tertiary/aromatic N) is 1. The minimum atomic E-state index is -1.17. The van der Waals surface area contributed by atoms with Crippen molar-refractivity contribution in [1.82, 2.24) is 4.90 Å². The van der Waals surface area contributed by atoms with E-state index in [9.17, 15) is 19.8 Å². The van der Waals surface area contributed by atoms with E-state index in [0.717, 1.165) is 27.8 Å². The number of furan rings is 1. The van der Waals surface area contributed by atoms with Gasteiger partial charge < -0.3 is 14.6 Å². The molecule has 2 aliphatic rings. The van der Waals surface area contributed by atoms with Gasteiger partial charge >= 0.3 is 11.9 Å². The SMILES string of the molecule is O=C(O)CC1=C(c2ccco2)CN(C2(c3ccccc3)c3ccccc3-c3ccccc32)[C@@H]1C(=O)O. The topological polar surface area (TPSA) is 91.0 Å². The van der Waals surface area contributed by atoms with Crippen molar-refractivity contribution >= 4 is 17.5 Å². The summed E-state index contributed by atoms with van der Waals surface area (Å²) in [5.74, 6) is -1.68. The molecule has 178 valence electrons. The van der Waals surface area contributed by atoms with E-state index in [1.54, 1.807) is 12.1 Å². The smallest absolute Gasteiger partial charge is 0.325 e. The van der Waals surface area contributed by atoms with Gasteiger partial charge in [0.05, 0.1) is 18.2 Å². The molecular weight excluding hydrogens is 454 g/mol. The summed E-state index contributed by atoms with van der Waals surface area (Å²) in [6.45, 7) is 0.213. The quantitative estimate of drug-likeness (QED) is 0.394. The van der Waals surface area contributed by atoms with Crippen molar-refractivity contribution in [3.8, 4) is 11.1 Å². The van der Waals surface area contributed by atoms with E-state index >= 15 is 0 Å². The number of rotatable bonds is 6. The standard InChI is InChI=1S/C30H23NO5/c32-27(33)17-22-23(26-15-8-16-36-26)18-31(28(22)29(34)35)30(19-9-2-1-3-10-19)24-13-6-4-11-20(24)21-12-5-7-14-25(21)30/h1-16,28H,17-18H2,(H,32,33)(H,34,35)/t28-/m0/s1. The fraction of sp³-hybridized carbons (Fsp3) is 0.133. The zero-order valence-corrected chi connectivity index (χ0v) is 19.3. The second kappa shape index (κ2) is 8.36. The van der Waals surface area contributed by atoms with Crippen LogP contribution in [0, 0.1) is 0 Å². The maximum Gasteiger partial charge on any atom is 0.325 e. The first-order chi connectivity index (χ1) is 17.5. The number of carboxylic acid groups (broad SMARTS) is 2. The lowest BCUT2D eigenvalue weighted by atomic mass is 9.78. The van der Waals surface area contributed by atoms with Gasteiger partial charge in [-0.15, -0.1) is 0 Å². The first kappa shape index (κ1) is 22.1. The predicted octanol–water partition coefficient (Wildman–Crippen LogP) is 5.25. The molecule has 3 aromatic carbocycles. The highest BCUT2D eigenvalue weighted by atomic mass is 16.4. The van der Waals surface area contributed by atoms with Gasteiger partial charge in [-0.05, 0) is 45.5 Å². The summed E-state index contributed by atoms with van der Waals surface area (Å²) in [6, 6.07) is 28.3. The highest BCUT2D eigenvalue weighted by Gasteiger charge is 2.56. The molecule has 1 aliphatic heterocycles. The van der Waals surface area contributed by atoms with Gasteiger partial charge in [0.15, 0.2) is 0 Å². The molecule has 36 heavy (non-hydrogen) atoms. The predicted molar refractivity (Wildman–Crippen MR) is 134 cm³/mol. The minimum absolute atomic E-state index is 0.213. The highest BCUT2D eigenvalue weighted by Crippen LogP contribution is 2.57. The van der Waals surface area contributed by atoms with Gasteiger partial charge in [0.2, 0.25) is 0 Å². The van der Waals surface area contributed by atoms with Crippen LogP contribution in [0.3, 0.4) is 0 Å². The molecule has 6 heteroatoms. The fourth-order valence-corrected chi connectivity index (χ4v) is 6.04. The first-order valence-corrected chi connectivity index (χ1v) is 11.8. The third-order valence-corrected chi connectivity index (χ3v) is 7.30. The Balaban J connectivity index is 1.68. The van der Waals surface area contributed by atoms with Crippen LogP contribution in [0.2, 0.25) is 0 Å². The average molecular weight is 478 g/mol. The number of fused-ring (bicyclic) bond motifs is 3. The van der Waals surface area contributed by atoms with Crippen LogP contribution in [0.1, 0.15) is 28.9 Å². The molecule has 2 N–H and O–H groups in total. The second-order valence-electron chi connectivity index (χ2n) is 9.09. The second-order valence-corrected chi connectivity index (χ2v) is 9.09. The van der Waals surface area contributed by atoms with Crippen LogP contribution in [-0.4, -0.2) is 39.6 Å². The molecule has 0 fully saturated rings. The third-order valence-electron chi connectivity index (χ3n) is 7.30. The molecule has 1 aromatic heterocycles. The maximum atomic E-state index is 13.0. The van der Waals surface area contributed by atoms with E-state index in [1.807, 2.05) is 71.6 Å². The Morgan fingerprint density at radius 1 is 0.833 bits per heavy atom. The van der Waals surface area contributed by atoms with Gasteiger partial charge in [0, 0.05) is 12.1 Å². The summed E-state index contributed by atoms with van der Waals surface area (Å²) in [5.41, 5.74) is 4.92. The minimum Gasteiger partial charge on any atom is -0.481 e. The van der Waals surface area contributed by atoms with Crippen molar-refractivity contribution in [1.29, 1.82) is 0 Å². The molecule has 4 aromatic rings. The molecule has 0 unspecified atom stereocenters. The molecule has 0 radical (unpaired) electrons. The Hall–Kier alpha value is -4.42. The van der Waals surface area contributed by atoms with Gasteiger partial charge in [-0.1, -0.05) is 78.9 Å². The molecule has 6 rings (SSSR count). The molecular formula is C30H23NO5. The molecule has 0 bridgehead atoms. The highest BCUT2D eigenvalue weighted by molar-refractivity contribution is 5.91. The number of benzene rings is 3. The number of hydrogen-bond donors (Lipinski definition) is 2. The van der Waals surface area contributed by atoms with Gasteiger partial charge in [0.1, 0.15) is 11.8 Å². The Kier molecular flexibility index (Phi) is 5.12. The van der Waals surface area contributed by atoms with Gasteiger partial charge in [-0.25, -0.2) is 0 Å². The Morgan fingerprint density at radius 3 is 2.00 bits per heavy atom. The van der Waals surface area contributed by atoms with Crippen LogP contribution in [-0.2, 0) is 15.1 Å². The third kappa shape index (κ3) is 3.08. The summed E-state index contributed by atoms with van der Waals surface area (Å²) < 4.78 is 5.68.